The van der Waals surface area contributed by atoms with Gasteiger partial charge in [-0.2, -0.15) is 0 Å². The second-order valence-electron chi connectivity index (χ2n) is 7.55. The molecule has 3 rings (SSSR count). The van der Waals surface area contributed by atoms with Crippen molar-refractivity contribution in [2.75, 3.05) is 13.1 Å². The Morgan fingerprint density at radius 3 is 2.96 bits per heavy atom. The van der Waals surface area contributed by atoms with Crippen LogP contribution >= 0.6 is 0 Å². The van der Waals surface area contributed by atoms with Crippen molar-refractivity contribution in [2.45, 2.75) is 39.2 Å². The lowest BCUT2D eigenvalue weighted by atomic mass is 9.92. The molecule has 2 aliphatic rings. The number of amides is 1. The largest absolute Gasteiger partial charge is 0.444 e. The summed E-state index contributed by atoms with van der Waals surface area (Å²) in [5, 5.41) is 1.46. The van der Waals surface area contributed by atoms with E-state index in [1.807, 2.05) is 33.0 Å². The van der Waals surface area contributed by atoms with Crippen molar-refractivity contribution in [3.8, 4) is 0 Å². The van der Waals surface area contributed by atoms with Crippen LogP contribution in [0, 0.1) is 5.92 Å². The zero-order valence-electron chi connectivity index (χ0n) is 15.5. The number of carbonyl (C=O) groups excluding carboxylic acids is 1. The van der Waals surface area contributed by atoms with Gasteiger partial charge < -0.3 is 14.6 Å². The Balaban J connectivity index is 1.88. The Kier molecular flexibility index (Phi) is 4.86. The van der Waals surface area contributed by atoms with Gasteiger partial charge in [0.05, 0.1) is 11.4 Å². The first kappa shape index (κ1) is 18.2. The molecule has 1 amide bonds. The van der Waals surface area contributed by atoms with Crippen molar-refractivity contribution >= 4 is 30.7 Å². The van der Waals surface area contributed by atoms with Crippen LogP contribution in [0.15, 0.2) is 27.9 Å². The molecule has 1 saturated heterocycles. The molecular formula is C18H26N6O2. The highest BCUT2D eigenvalue weighted by molar-refractivity contribution is 5.87. The number of carbonyl (C=O) groups is 1. The summed E-state index contributed by atoms with van der Waals surface area (Å²) in [6, 6.07) is 1.92. The van der Waals surface area contributed by atoms with E-state index in [2.05, 4.69) is 21.7 Å². The Bertz CT molecular complexity index is 758. The Labute approximate surface area is 153 Å². The minimum Gasteiger partial charge on any atom is -0.444 e. The fraction of sp³-hybridized carbons (Fsp3) is 0.500. The summed E-state index contributed by atoms with van der Waals surface area (Å²) in [6.07, 6.45) is 4.84. The number of hydrogen-bond donors (Lipinski definition) is 2. The van der Waals surface area contributed by atoms with Crippen LogP contribution in [0.3, 0.4) is 0 Å². The van der Waals surface area contributed by atoms with Crippen LogP contribution in [-0.4, -0.2) is 52.7 Å². The highest BCUT2D eigenvalue weighted by Crippen LogP contribution is 2.37. The number of aromatic amines is 1. The first-order chi connectivity index (χ1) is 12.3. The van der Waals surface area contributed by atoms with E-state index in [1.165, 1.54) is 5.01 Å². The second-order valence-corrected chi connectivity index (χ2v) is 7.55. The molecule has 0 saturated carbocycles. The number of nitrogens with two attached hydrogens (primary N) is 1. The average molecular weight is 358 g/mol. The smallest absolute Gasteiger partial charge is 0.410 e. The van der Waals surface area contributed by atoms with Crippen LogP contribution in [0.5, 0.6) is 0 Å². The second kappa shape index (κ2) is 6.95. The SMILES string of the molecule is C=N/C(=C1/c2cc[nH]c2N=CN1N)C1CCCN(C(=O)OC(C)(C)C)C1. The molecule has 3 N–H and O–H groups in total. The van der Waals surface area contributed by atoms with Gasteiger partial charge in [-0.3, -0.25) is 10.0 Å². The Morgan fingerprint density at radius 2 is 2.27 bits per heavy atom. The maximum Gasteiger partial charge on any atom is 0.410 e. The Morgan fingerprint density at radius 1 is 1.50 bits per heavy atom. The van der Waals surface area contributed by atoms with Crippen LogP contribution in [-0.2, 0) is 4.74 Å². The van der Waals surface area contributed by atoms with Gasteiger partial charge in [-0.15, -0.1) is 0 Å². The van der Waals surface area contributed by atoms with E-state index in [0.717, 1.165) is 35.6 Å². The van der Waals surface area contributed by atoms with Gasteiger partial charge in [-0.25, -0.2) is 15.6 Å². The van der Waals surface area contributed by atoms with Crippen molar-refractivity contribution < 1.29 is 9.53 Å². The molecule has 8 heteroatoms. The number of hydrogen-bond acceptors (Lipinski definition) is 6. The van der Waals surface area contributed by atoms with Gasteiger partial charge in [-0.05, 0) is 46.4 Å². The molecule has 1 unspecified atom stereocenters. The fourth-order valence-electron chi connectivity index (χ4n) is 3.34. The quantitative estimate of drug-likeness (QED) is 0.627. The van der Waals surface area contributed by atoms with Gasteiger partial charge in [0, 0.05) is 30.8 Å². The standard InChI is InChI=1S/C18H26N6O2/c1-18(2,3)26-17(25)23-9-5-6-12(10-23)14(20-4)15-13-7-8-21-16(13)22-11-24(15)19/h7-8,11-12,21H,4-6,9-10,19H2,1-3H3/b15-14-. The first-order valence-electron chi connectivity index (χ1n) is 8.75. The molecule has 140 valence electrons. The molecule has 0 spiro atoms. The number of nitrogens with one attached hydrogen (secondary N) is 1. The fourth-order valence-corrected chi connectivity index (χ4v) is 3.34. The normalized spacial score (nSPS) is 22.1. The summed E-state index contributed by atoms with van der Waals surface area (Å²) in [5.74, 6) is 6.90. The summed E-state index contributed by atoms with van der Waals surface area (Å²) < 4.78 is 5.51. The maximum absolute atomic E-state index is 12.4. The highest BCUT2D eigenvalue weighted by atomic mass is 16.6. The van der Waals surface area contributed by atoms with Gasteiger partial charge >= 0.3 is 6.09 Å². The van der Waals surface area contributed by atoms with E-state index in [1.54, 1.807) is 11.2 Å². The highest BCUT2D eigenvalue weighted by Gasteiger charge is 2.32. The zero-order valence-corrected chi connectivity index (χ0v) is 15.5. The molecule has 0 bridgehead atoms. The number of fused-ring (bicyclic) bond motifs is 1. The zero-order chi connectivity index (χ0) is 18.9. The summed E-state index contributed by atoms with van der Waals surface area (Å²) in [7, 11) is 0. The number of ether oxygens (including phenoxy) is 1. The van der Waals surface area contributed by atoms with Crippen molar-refractivity contribution in [1.29, 1.82) is 0 Å². The number of H-pyrrole nitrogens is 1. The van der Waals surface area contributed by atoms with Crippen LogP contribution < -0.4 is 5.84 Å². The molecule has 0 aliphatic carbocycles. The molecule has 26 heavy (non-hydrogen) atoms. The molecule has 1 atom stereocenters. The third-order valence-electron chi connectivity index (χ3n) is 4.42. The summed E-state index contributed by atoms with van der Waals surface area (Å²) in [5.41, 5.74) is 1.90. The van der Waals surface area contributed by atoms with Crippen LogP contribution in [0.25, 0.3) is 5.70 Å². The van der Waals surface area contributed by atoms with Crippen LogP contribution in [0.1, 0.15) is 39.2 Å². The van der Waals surface area contributed by atoms with Gasteiger partial charge in [0.15, 0.2) is 0 Å². The molecule has 1 fully saturated rings. The van der Waals surface area contributed by atoms with Crippen LogP contribution in [0.2, 0.25) is 0 Å². The van der Waals surface area contributed by atoms with E-state index in [4.69, 9.17) is 10.6 Å². The maximum atomic E-state index is 12.4. The topological polar surface area (TPSA) is 99.3 Å². The predicted molar refractivity (Wildman–Crippen MR) is 102 cm³/mol. The number of piperidine rings is 1. The number of aromatic nitrogens is 1. The first-order valence-corrected chi connectivity index (χ1v) is 8.75. The van der Waals surface area contributed by atoms with Gasteiger partial charge in [0.2, 0.25) is 0 Å². The van der Waals surface area contributed by atoms with Gasteiger partial charge in [0.1, 0.15) is 17.8 Å². The summed E-state index contributed by atoms with van der Waals surface area (Å²) >= 11 is 0. The number of hydrazine groups is 1. The third kappa shape index (κ3) is 3.65. The average Bonchev–Trinajstić information content (AvgIpc) is 3.05. The van der Waals surface area contributed by atoms with Gasteiger partial charge in [-0.1, -0.05) is 0 Å². The molecular weight excluding hydrogens is 332 g/mol. The Hall–Kier alpha value is -2.61. The lowest BCUT2D eigenvalue weighted by Crippen LogP contribution is -2.43. The van der Waals surface area contributed by atoms with E-state index >= 15 is 0 Å². The van der Waals surface area contributed by atoms with Gasteiger partial charge in [0.25, 0.3) is 0 Å². The summed E-state index contributed by atoms with van der Waals surface area (Å²) in [4.78, 5) is 25.8. The molecule has 1 aromatic rings. The molecule has 2 aliphatic heterocycles. The third-order valence-corrected chi connectivity index (χ3v) is 4.42. The minimum atomic E-state index is -0.518. The minimum absolute atomic E-state index is 0.0315. The lowest BCUT2D eigenvalue weighted by molar-refractivity contribution is 0.0182. The number of aliphatic imine (C=N–C) groups is 2. The molecule has 0 radical (unpaired) electrons. The monoisotopic (exact) mass is 358 g/mol. The van der Waals surface area contributed by atoms with E-state index < -0.39 is 5.60 Å². The van der Waals surface area contributed by atoms with E-state index in [9.17, 15) is 4.79 Å². The van der Waals surface area contributed by atoms with Crippen molar-refractivity contribution in [1.82, 2.24) is 14.9 Å². The molecule has 0 aromatic carbocycles. The number of rotatable bonds is 2. The lowest BCUT2D eigenvalue weighted by Gasteiger charge is -2.35. The molecule has 1 aromatic heterocycles. The number of nitrogens with zero attached hydrogens (tertiary/aromatic N) is 4. The van der Waals surface area contributed by atoms with E-state index in [-0.39, 0.29) is 12.0 Å². The van der Waals surface area contributed by atoms with E-state index in [0.29, 0.717) is 13.1 Å². The summed E-state index contributed by atoms with van der Waals surface area (Å²) in [6.45, 7) is 10.6. The van der Waals surface area contributed by atoms with Crippen molar-refractivity contribution in [2.24, 2.45) is 21.7 Å². The van der Waals surface area contributed by atoms with Crippen molar-refractivity contribution in [3.63, 3.8) is 0 Å². The number of likely N-dealkylation sites (tertiary alicyclic amines) is 1. The molecule has 8 nitrogen and oxygen atoms in total. The molecule has 3 heterocycles. The van der Waals surface area contributed by atoms with Crippen molar-refractivity contribution in [3.05, 3.63) is 23.5 Å². The van der Waals surface area contributed by atoms with Crippen LogP contribution in [0.4, 0.5) is 10.6 Å². The predicted octanol–water partition coefficient (Wildman–Crippen LogP) is 2.88.